The molecule has 1 aromatic heterocycles. The Morgan fingerprint density at radius 3 is 2.74 bits per heavy atom. The largest absolute Gasteiger partial charge is 0.357 e. The van der Waals surface area contributed by atoms with E-state index in [9.17, 15) is 4.79 Å². The summed E-state index contributed by atoms with van der Waals surface area (Å²) in [6, 6.07) is 7.23. The van der Waals surface area contributed by atoms with Gasteiger partial charge in [-0.15, -0.1) is 0 Å². The molecule has 2 aromatic rings. The van der Waals surface area contributed by atoms with Crippen LogP contribution >= 0.6 is 11.6 Å². The Balaban J connectivity index is 1.95. The lowest BCUT2D eigenvalue weighted by Gasteiger charge is -2.19. The number of hydrogen-bond donors (Lipinski definition) is 3. The highest BCUT2D eigenvalue weighted by molar-refractivity contribution is 6.30. The number of carbonyl (C=O) groups excluding carboxylic acids is 1. The molecule has 0 spiro atoms. The SMILES string of the molecule is CCNC(=NCC(=O)NC(C)(C)C)NCc1nc(-c2cccc(Cl)c2)no1. The molecule has 9 heteroatoms. The van der Waals surface area contributed by atoms with Crippen LogP contribution < -0.4 is 16.0 Å². The summed E-state index contributed by atoms with van der Waals surface area (Å²) in [6.07, 6.45) is 0. The van der Waals surface area contributed by atoms with E-state index in [1.54, 1.807) is 12.1 Å². The van der Waals surface area contributed by atoms with E-state index in [1.807, 2.05) is 39.8 Å². The van der Waals surface area contributed by atoms with E-state index in [4.69, 9.17) is 16.1 Å². The third-order valence-electron chi connectivity index (χ3n) is 3.20. The first-order valence-corrected chi connectivity index (χ1v) is 9.06. The maximum atomic E-state index is 11.9. The second-order valence-corrected chi connectivity index (χ2v) is 7.31. The molecule has 0 unspecified atom stereocenters. The Bertz CT molecular complexity index is 797. The maximum absolute atomic E-state index is 11.9. The van der Waals surface area contributed by atoms with Crippen LogP contribution in [0.5, 0.6) is 0 Å². The molecule has 2 rings (SSSR count). The third-order valence-corrected chi connectivity index (χ3v) is 3.43. The molecular weight excluding hydrogens is 368 g/mol. The number of nitrogens with one attached hydrogen (secondary N) is 3. The van der Waals surface area contributed by atoms with Gasteiger partial charge in [-0.2, -0.15) is 4.98 Å². The molecule has 0 aliphatic carbocycles. The van der Waals surface area contributed by atoms with Gasteiger partial charge < -0.3 is 20.5 Å². The van der Waals surface area contributed by atoms with Crippen molar-refractivity contribution in [3.8, 4) is 11.4 Å². The van der Waals surface area contributed by atoms with Gasteiger partial charge in [-0.1, -0.05) is 28.9 Å². The minimum absolute atomic E-state index is 0.0181. The second-order valence-electron chi connectivity index (χ2n) is 6.87. The van der Waals surface area contributed by atoms with E-state index in [0.717, 1.165) is 5.56 Å². The molecule has 1 amide bonds. The van der Waals surface area contributed by atoms with Gasteiger partial charge >= 0.3 is 0 Å². The number of guanidine groups is 1. The highest BCUT2D eigenvalue weighted by Crippen LogP contribution is 2.19. The number of nitrogens with zero attached hydrogens (tertiary/aromatic N) is 3. The van der Waals surface area contributed by atoms with Gasteiger partial charge in [0.25, 0.3) is 0 Å². The van der Waals surface area contributed by atoms with E-state index >= 15 is 0 Å². The van der Waals surface area contributed by atoms with Gasteiger partial charge in [0.15, 0.2) is 5.96 Å². The summed E-state index contributed by atoms with van der Waals surface area (Å²) in [5, 5.41) is 13.6. The smallest absolute Gasteiger partial charge is 0.246 e. The molecule has 0 aliphatic rings. The number of rotatable bonds is 6. The molecule has 0 atom stereocenters. The zero-order valence-corrected chi connectivity index (χ0v) is 16.7. The summed E-state index contributed by atoms with van der Waals surface area (Å²) in [5.74, 6) is 1.19. The molecule has 146 valence electrons. The fourth-order valence-electron chi connectivity index (χ4n) is 2.18. The molecule has 0 fully saturated rings. The number of hydrogen-bond acceptors (Lipinski definition) is 5. The van der Waals surface area contributed by atoms with Gasteiger partial charge in [-0.05, 0) is 39.8 Å². The summed E-state index contributed by atoms with van der Waals surface area (Å²) >= 11 is 5.98. The molecule has 0 aliphatic heterocycles. The van der Waals surface area contributed by atoms with Crippen LogP contribution in [-0.2, 0) is 11.3 Å². The Kier molecular flexibility index (Phi) is 7.18. The zero-order valence-electron chi connectivity index (χ0n) is 16.0. The van der Waals surface area contributed by atoms with Crippen LogP contribution in [0.1, 0.15) is 33.6 Å². The first kappa shape index (κ1) is 20.7. The van der Waals surface area contributed by atoms with Gasteiger partial charge in [-0.3, -0.25) is 4.79 Å². The molecule has 27 heavy (non-hydrogen) atoms. The highest BCUT2D eigenvalue weighted by atomic mass is 35.5. The van der Waals surface area contributed by atoms with E-state index < -0.39 is 0 Å². The van der Waals surface area contributed by atoms with Gasteiger partial charge in [0.2, 0.25) is 17.6 Å². The molecule has 0 saturated carbocycles. The van der Waals surface area contributed by atoms with Crippen molar-refractivity contribution in [3.63, 3.8) is 0 Å². The number of benzene rings is 1. The molecule has 1 heterocycles. The van der Waals surface area contributed by atoms with Crippen molar-refractivity contribution in [2.45, 2.75) is 39.8 Å². The van der Waals surface area contributed by atoms with Crippen LogP contribution in [0.4, 0.5) is 0 Å². The second kappa shape index (κ2) is 9.36. The number of aromatic nitrogens is 2. The lowest BCUT2D eigenvalue weighted by Crippen LogP contribution is -2.43. The van der Waals surface area contributed by atoms with Crippen LogP contribution in [0, 0.1) is 0 Å². The summed E-state index contributed by atoms with van der Waals surface area (Å²) in [4.78, 5) is 20.5. The van der Waals surface area contributed by atoms with Gasteiger partial charge in [-0.25, -0.2) is 4.99 Å². The van der Waals surface area contributed by atoms with Crippen LogP contribution in [0.25, 0.3) is 11.4 Å². The normalized spacial score (nSPS) is 12.0. The van der Waals surface area contributed by atoms with Crippen molar-refractivity contribution in [3.05, 3.63) is 35.2 Å². The Hall–Kier alpha value is -2.61. The van der Waals surface area contributed by atoms with Crippen molar-refractivity contribution in [2.24, 2.45) is 4.99 Å². The number of aliphatic imine (C=N–C) groups is 1. The minimum atomic E-state index is -0.293. The van der Waals surface area contributed by atoms with Crippen LogP contribution in [0.2, 0.25) is 5.02 Å². The quantitative estimate of drug-likeness (QED) is 0.515. The average Bonchev–Trinajstić information content (AvgIpc) is 3.05. The lowest BCUT2D eigenvalue weighted by atomic mass is 10.1. The average molecular weight is 393 g/mol. The predicted molar refractivity (Wildman–Crippen MR) is 105 cm³/mol. The Morgan fingerprint density at radius 2 is 2.07 bits per heavy atom. The maximum Gasteiger partial charge on any atom is 0.246 e. The highest BCUT2D eigenvalue weighted by Gasteiger charge is 2.14. The fraction of sp³-hybridized carbons (Fsp3) is 0.444. The van der Waals surface area contributed by atoms with Crippen molar-refractivity contribution < 1.29 is 9.32 Å². The first-order valence-electron chi connectivity index (χ1n) is 8.68. The van der Waals surface area contributed by atoms with Crippen LogP contribution in [0.15, 0.2) is 33.8 Å². The van der Waals surface area contributed by atoms with E-state index in [-0.39, 0.29) is 24.5 Å². The summed E-state index contributed by atoms with van der Waals surface area (Å²) in [6.45, 7) is 8.66. The molecule has 0 saturated heterocycles. The topological polar surface area (TPSA) is 104 Å². The molecule has 1 aromatic carbocycles. The standard InChI is InChI=1S/C18H25ClN6O2/c1-5-20-17(21-10-14(26)24-18(2,3)4)22-11-15-23-16(25-27-15)12-7-6-8-13(19)9-12/h6-9H,5,10-11H2,1-4H3,(H,24,26)(H2,20,21,22). The monoisotopic (exact) mass is 392 g/mol. The Morgan fingerprint density at radius 1 is 1.30 bits per heavy atom. The molecular formula is C18H25ClN6O2. The van der Waals surface area contributed by atoms with E-state index in [1.165, 1.54) is 0 Å². The van der Waals surface area contributed by atoms with Crippen molar-refractivity contribution in [1.82, 2.24) is 26.1 Å². The van der Waals surface area contributed by atoms with Crippen LogP contribution in [-0.4, -0.2) is 40.6 Å². The predicted octanol–water partition coefficient (Wildman–Crippen LogP) is 2.36. The summed E-state index contributed by atoms with van der Waals surface area (Å²) in [5.41, 5.74) is 0.482. The third kappa shape index (κ3) is 7.26. The van der Waals surface area contributed by atoms with Gasteiger partial charge in [0, 0.05) is 22.7 Å². The summed E-state index contributed by atoms with van der Waals surface area (Å²) < 4.78 is 5.25. The van der Waals surface area contributed by atoms with Crippen LogP contribution in [0.3, 0.4) is 0 Å². The number of amides is 1. The molecule has 0 bridgehead atoms. The molecule has 3 N–H and O–H groups in total. The minimum Gasteiger partial charge on any atom is -0.357 e. The number of halogens is 1. The lowest BCUT2D eigenvalue weighted by molar-refractivity contribution is -0.121. The Labute approximate surface area is 163 Å². The fourth-order valence-corrected chi connectivity index (χ4v) is 2.37. The zero-order chi connectivity index (χ0) is 19.9. The number of carbonyl (C=O) groups is 1. The van der Waals surface area contributed by atoms with Gasteiger partial charge in [0.1, 0.15) is 6.54 Å². The van der Waals surface area contributed by atoms with Crippen molar-refractivity contribution >= 4 is 23.5 Å². The van der Waals surface area contributed by atoms with E-state index in [2.05, 4.69) is 31.1 Å². The van der Waals surface area contributed by atoms with E-state index in [0.29, 0.717) is 29.2 Å². The van der Waals surface area contributed by atoms with Crippen molar-refractivity contribution in [1.29, 1.82) is 0 Å². The molecule has 0 radical (unpaired) electrons. The first-order chi connectivity index (χ1) is 12.8. The molecule has 8 nitrogen and oxygen atoms in total. The van der Waals surface area contributed by atoms with Crippen molar-refractivity contribution in [2.75, 3.05) is 13.1 Å². The van der Waals surface area contributed by atoms with Gasteiger partial charge in [0.05, 0.1) is 6.54 Å². The summed E-state index contributed by atoms with van der Waals surface area (Å²) in [7, 11) is 0.